The van der Waals surface area contributed by atoms with Crippen LogP contribution in [0.15, 0.2) is 33.9 Å². The smallest absolute Gasteiger partial charge is 0.342 e. The number of anilines is 1. The molecule has 0 saturated carbocycles. The minimum Gasteiger partial charge on any atom is -0.380 e. The van der Waals surface area contributed by atoms with E-state index in [2.05, 4.69) is 20.5 Å². The Morgan fingerprint density at radius 1 is 1.32 bits per heavy atom. The lowest BCUT2D eigenvalue weighted by Gasteiger charge is -2.06. The number of rotatable bonds is 5. The molecule has 0 radical (unpaired) electrons. The molecule has 2 rings (SSSR count). The molecule has 0 atom stereocenters. The first-order valence-electron chi connectivity index (χ1n) is 5.68. The summed E-state index contributed by atoms with van der Waals surface area (Å²) in [7, 11) is 1.63. The minimum absolute atomic E-state index is 0.0803. The molecule has 3 N–H and O–H groups in total. The Balaban J connectivity index is 2.07. The van der Waals surface area contributed by atoms with Crippen LogP contribution < -0.4 is 16.6 Å². The predicted molar refractivity (Wildman–Crippen MR) is 70.0 cm³/mol. The number of methoxy groups -OCH3 is 1. The fourth-order valence-corrected chi connectivity index (χ4v) is 1.65. The molecule has 100 valence electrons. The molecular formula is C12H14N4O3. The third kappa shape index (κ3) is 3.52. The molecule has 0 aliphatic heterocycles. The van der Waals surface area contributed by atoms with E-state index in [9.17, 15) is 9.59 Å². The number of aromatic amines is 2. The monoisotopic (exact) mass is 262 g/mol. The number of H-pyrrole nitrogens is 2. The first kappa shape index (κ1) is 13.0. The summed E-state index contributed by atoms with van der Waals surface area (Å²) in [6.07, 6.45) is 0. The van der Waals surface area contributed by atoms with Crippen molar-refractivity contribution in [1.82, 2.24) is 15.2 Å². The van der Waals surface area contributed by atoms with Crippen LogP contribution in [-0.4, -0.2) is 22.3 Å². The van der Waals surface area contributed by atoms with E-state index in [1.165, 1.54) is 0 Å². The first-order chi connectivity index (χ1) is 9.19. The van der Waals surface area contributed by atoms with Crippen molar-refractivity contribution < 1.29 is 4.74 Å². The maximum atomic E-state index is 11.4. The lowest BCUT2D eigenvalue weighted by molar-refractivity contribution is 0.185. The summed E-state index contributed by atoms with van der Waals surface area (Å²) >= 11 is 0. The second kappa shape index (κ2) is 5.96. The molecule has 0 unspecified atom stereocenters. The van der Waals surface area contributed by atoms with Crippen LogP contribution in [0.3, 0.4) is 0 Å². The molecule has 0 aliphatic rings. The van der Waals surface area contributed by atoms with Crippen molar-refractivity contribution in [3.63, 3.8) is 0 Å². The van der Waals surface area contributed by atoms with Gasteiger partial charge in [0.15, 0.2) is 0 Å². The molecule has 1 heterocycles. The number of hydrogen-bond donors (Lipinski definition) is 3. The molecule has 0 saturated heterocycles. The number of hydrogen-bond acceptors (Lipinski definition) is 5. The van der Waals surface area contributed by atoms with E-state index in [4.69, 9.17) is 4.74 Å². The predicted octanol–water partition coefficient (Wildman–Crippen LogP) is 0.217. The summed E-state index contributed by atoms with van der Waals surface area (Å²) < 4.78 is 5.05. The van der Waals surface area contributed by atoms with Crippen molar-refractivity contribution >= 4 is 5.82 Å². The van der Waals surface area contributed by atoms with Crippen molar-refractivity contribution in [1.29, 1.82) is 0 Å². The van der Waals surface area contributed by atoms with Gasteiger partial charge < -0.3 is 10.1 Å². The highest BCUT2D eigenvalue weighted by atomic mass is 16.5. The third-order valence-corrected chi connectivity index (χ3v) is 2.47. The van der Waals surface area contributed by atoms with Crippen LogP contribution in [0, 0.1) is 0 Å². The van der Waals surface area contributed by atoms with E-state index < -0.39 is 11.2 Å². The Kier molecular flexibility index (Phi) is 4.09. The molecule has 19 heavy (non-hydrogen) atoms. The van der Waals surface area contributed by atoms with Gasteiger partial charge in [-0.25, -0.2) is 9.89 Å². The molecule has 0 spiro atoms. The van der Waals surface area contributed by atoms with Crippen molar-refractivity contribution in [2.45, 2.75) is 13.2 Å². The zero-order valence-corrected chi connectivity index (χ0v) is 10.4. The van der Waals surface area contributed by atoms with Crippen molar-refractivity contribution in [3.8, 4) is 0 Å². The fourth-order valence-electron chi connectivity index (χ4n) is 1.65. The molecule has 1 aromatic carbocycles. The van der Waals surface area contributed by atoms with E-state index in [0.29, 0.717) is 13.2 Å². The Morgan fingerprint density at radius 2 is 2.11 bits per heavy atom. The summed E-state index contributed by atoms with van der Waals surface area (Å²) in [5.41, 5.74) is 0.863. The highest BCUT2D eigenvalue weighted by Crippen LogP contribution is 2.07. The van der Waals surface area contributed by atoms with Gasteiger partial charge in [-0.1, -0.05) is 24.3 Å². The first-order valence-corrected chi connectivity index (χ1v) is 5.68. The van der Waals surface area contributed by atoms with Crippen LogP contribution in [0.4, 0.5) is 5.82 Å². The van der Waals surface area contributed by atoms with Gasteiger partial charge in [0.1, 0.15) is 0 Å². The Hall–Kier alpha value is -2.41. The maximum Gasteiger partial charge on any atom is 0.342 e. The molecule has 0 aliphatic carbocycles. The second-order valence-corrected chi connectivity index (χ2v) is 3.96. The van der Waals surface area contributed by atoms with E-state index in [0.717, 1.165) is 11.1 Å². The molecule has 0 bridgehead atoms. The number of benzene rings is 1. The molecule has 2 aromatic rings. The van der Waals surface area contributed by atoms with Gasteiger partial charge in [0.2, 0.25) is 5.82 Å². The van der Waals surface area contributed by atoms with Crippen LogP contribution in [-0.2, 0) is 17.9 Å². The van der Waals surface area contributed by atoms with Gasteiger partial charge in [-0.05, 0) is 11.1 Å². The standard InChI is InChI=1S/C12H14N4O3/c1-19-7-9-4-2-3-8(5-9)6-13-10-11(17)14-12(18)16-15-10/h2-5H,6-7H2,1H3,(H,13,15)(H2,14,16,17,18). The average molecular weight is 262 g/mol. The van der Waals surface area contributed by atoms with Gasteiger partial charge in [0, 0.05) is 13.7 Å². The molecule has 7 heteroatoms. The van der Waals surface area contributed by atoms with Gasteiger partial charge in [0.25, 0.3) is 5.56 Å². The van der Waals surface area contributed by atoms with Gasteiger partial charge in [0.05, 0.1) is 6.61 Å². The number of aromatic nitrogens is 3. The lowest BCUT2D eigenvalue weighted by Crippen LogP contribution is -2.26. The molecule has 1 aromatic heterocycles. The fraction of sp³-hybridized carbons (Fsp3) is 0.250. The number of nitrogens with one attached hydrogen (secondary N) is 3. The van der Waals surface area contributed by atoms with E-state index in [1.807, 2.05) is 24.3 Å². The molecule has 7 nitrogen and oxygen atoms in total. The van der Waals surface area contributed by atoms with E-state index in [1.54, 1.807) is 7.11 Å². The molecule has 0 amide bonds. The second-order valence-electron chi connectivity index (χ2n) is 3.96. The summed E-state index contributed by atoms with van der Waals surface area (Å²) in [6.45, 7) is 0.963. The minimum atomic E-state index is -0.627. The highest BCUT2D eigenvalue weighted by molar-refractivity contribution is 5.32. The third-order valence-electron chi connectivity index (χ3n) is 2.47. The largest absolute Gasteiger partial charge is 0.380 e. The maximum absolute atomic E-state index is 11.4. The summed E-state index contributed by atoms with van der Waals surface area (Å²) in [4.78, 5) is 24.3. The van der Waals surface area contributed by atoms with Crippen LogP contribution >= 0.6 is 0 Å². The van der Waals surface area contributed by atoms with Gasteiger partial charge >= 0.3 is 5.69 Å². The molecular weight excluding hydrogens is 248 g/mol. The van der Waals surface area contributed by atoms with Crippen molar-refractivity contribution in [2.24, 2.45) is 0 Å². The van der Waals surface area contributed by atoms with Crippen LogP contribution in [0.5, 0.6) is 0 Å². The number of ether oxygens (including phenoxy) is 1. The zero-order valence-electron chi connectivity index (χ0n) is 10.4. The average Bonchev–Trinajstić information content (AvgIpc) is 2.38. The topological polar surface area (TPSA) is 99.9 Å². The SMILES string of the molecule is COCc1cccc(CNc2n[nH]c(=O)[nH]c2=O)c1. The van der Waals surface area contributed by atoms with Crippen molar-refractivity contribution in [3.05, 3.63) is 56.2 Å². The van der Waals surface area contributed by atoms with Gasteiger partial charge in [-0.2, -0.15) is 0 Å². The lowest BCUT2D eigenvalue weighted by atomic mass is 10.1. The van der Waals surface area contributed by atoms with Crippen LogP contribution in [0.2, 0.25) is 0 Å². The zero-order chi connectivity index (χ0) is 13.7. The highest BCUT2D eigenvalue weighted by Gasteiger charge is 2.02. The Morgan fingerprint density at radius 3 is 2.84 bits per heavy atom. The summed E-state index contributed by atoms with van der Waals surface area (Å²) in [5.74, 6) is 0.0803. The summed E-state index contributed by atoms with van der Waals surface area (Å²) in [5, 5.41) is 8.66. The quantitative estimate of drug-likeness (QED) is 0.715. The van der Waals surface area contributed by atoms with Gasteiger partial charge in [-0.3, -0.25) is 9.78 Å². The van der Waals surface area contributed by atoms with Crippen LogP contribution in [0.25, 0.3) is 0 Å². The van der Waals surface area contributed by atoms with E-state index >= 15 is 0 Å². The Labute approximate surface area is 108 Å². The van der Waals surface area contributed by atoms with E-state index in [-0.39, 0.29) is 5.82 Å². The molecule has 0 fully saturated rings. The number of nitrogens with zero attached hydrogens (tertiary/aromatic N) is 1. The Bertz CT molecular complexity index is 662. The summed E-state index contributed by atoms with van der Waals surface area (Å²) in [6, 6.07) is 7.76. The van der Waals surface area contributed by atoms with Crippen molar-refractivity contribution in [2.75, 3.05) is 12.4 Å². The van der Waals surface area contributed by atoms with Crippen LogP contribution in [0.1, 0.15) is 11.1 Å². The van der Waals surface area contributed by atoms with Gasteiger partial charge in [-0.15, -0.1) is 5.10 Å². The normalized spacial score (nSPS) is 10.4.